The number of hydrogen-bond acceptors (Lipinski definition) is 6. The summed E-state index contributed by atoms with van der Waals surface area (Å²) in [4.78, 5) is 26.5. The second-order valence-corrected chi connectivity index (χ2v) is 9.54. The molecule has 0 aliphatic heterocycles. The van der Waals surface area contributed by atoms with Gasteiger partial charge in [-0.2, -0.15) is 0 Å². The summed E-state index contributed by atoms with van der Waals surface area (Å²) < 4.78 is 24.2. The fraction of sp³-hybridized carbons (Fsp3) is 0.235. The van der Waals surface area contributed by atoms with Gasteiger partial charge in [-0.25, -0.2) is 0 Å². The van der Waals surface area contributed by atoms with Crippen LogP contribution < -0.4 is 5.73 Å². The highest BCUT2D eigenvalue weighted by Crippen LogP contribution is 2.20. The summed E-state index contributed by atoms with van der Waals surface area (Å²) >= 11 is 0. The molecule has 41 heavy (non-hydrogen) atoms. The number of rotatable bonds is 17. The van der Waals surface area contributed by atoms with Crippen molar-refractivity contribution in [3.05, 3.63) is 144 Å². The molecule has 0 unspecified atom stereocenters. The van der Waals surface area contributed by atoms with Crippen LogP contribution in [-0.2, 0) is 55.0 Å². The van der Waals surface area contributed by atoms with Crippen LogP contribution in [0.3, 0.4) is 0 Å². The first-order valence-electron chi connectivity index (χ1n) is 13.5. The second kappa shape index (κ2) is 16.2. The number of primary amides is 1. The predicted molar refractivity (Wildman–Crippen MR) is 155 cm³/mol. The minimum Gasteiger partial charge on any atom is -0.369 e. The van der Waals surface area contributed by atoms with Crippen LogP contribution in [0.5, 0.6) is 0 Å². The Morgan fingerprint density at radius 1 is 0.512 bits per heavy atom. The largest absolute Gasteiger partial charge is 0.369 e. The van der Waals surface area contributed by atoms with Crippen LogP contribution in [0.4, 0.5) is 0 Å². The number of Topliss-reactive ketones (excluding diaryl/α,β-unsaturated/α-hetero) is 1. The first-order valence-corrected chi connectivity index (χ1v) is 13.5. The molecule has 0 aliphatic rings. The van der Waals surface area contributed by atoms with Gasteiger partial charge in [0.1, 0.15) is 18.8 Å². The van der Waals surface area contributed by atoms with E-state index in [0.29, 0.717) is 0 Å². The van der Waals surface area contributed by atoms with Gasteiger partial charge in [-0.1, -0.05) is 121 Å². The Balaban J connectivity index is 1.57. The highest BCUT2D eigenvalue weighted by Gasteiger charge is 2.40. The highest BCUT2D eigenvalue weighted by molar-refractivity contribution is 5.87. The quantitative estimate of drug-likeness (QED) is 0.197. The second-order valence-electron chi connectivity index (χ2n) is 9.54. The maximum absolute atomic E-state index is 13.7. The van der Waals surface area contributed by atoms with Crippen LogP contribution in [0.25, 0.3) is 0 Å². The fourth-order valence-electron chi connectivity index (χ4n) is 4.26. The fourth-order valence-corrected chi connectivity index (χ4v) is 4.26. The normalized spacial score (nSPS) is 13.3. The summed E-state index contributed by atoms with van der Waals surface area (Å²) in [5.41, 5.74) is 9.35. The van der Waals surface area contributed by atoms with Crippen molar-refractivity contribution in [2.45, 2.75) is 44.7 Å². The standard InChI is InChI=1S/C34H35NO6/c35-34(37)33(41-24-29-19-11-4-12-20-29)32(40-23-28-17-9-3-10-18-28)31(39-22-27-15-7-2-8-16-27)30(36)25-38-21-26-13-5-1-6-14-26/h1-20,31-33H,21-25H2,(H2,35,37)/t31-,32+,33-/m1/s1. The molecular weight excluding hydrogens is 518 g/mol. The molecule has 7 nitrogen and oxygen atoms in total. The van der Waals surface area contributed by atoms with E-state index < -0.39 is 24.2 Å². The Morgan fingerprint density at radius 3 is 1.29 bits per heavy atom. The average molecular weight is 554 g/mol. The smallest absolute Gasteiger partial charge is 0.249 e. The van der Waals surface area contributed by atoms with E-state index in [1.807, 2.05) is 121 Å². The van der Waals surface area contributed by atoms with E-state index in [4.69, 9.17) is 24.7 Å². The molecule has 0 aliphatic carbocycles. The van der Waals surface area contributed by atoms with Crippen LogP contribution in [0.1, 0.15) is 22.3 Å². The summed E-state index contributed by atoms with van der Waals surface area (Å²) in [5, 5.41) is 0. The molecule has 1 amide bonds. The van der Waals surface area contributed by atoms with Gasteiger partial charge in [0.2, 0.25) is 5.91 Å². The molecule has 7 heteroatoms. The van der Waals surface area contributed by atoms with Gasteiger partial charge in [0.05, 0.1) is 26.4 Å². The lowest BCUT2D eigenvalue weighted by molar-refractivity contribution is -0.175. The Kier molecular flexibility index (Phi) is 11.8. The van der Waals surface area contributed by atoms with Crippen molar-refractivity contribution in [1.82, 2.24) is 0 Å². The van der Waals surface area contributed by atoms with E-state index in [-0.39, 0.29) is 38.8 Å². The van der Waals surface area contributed by atoms with Gasteiger partial charge in [-0.15, -0.1) is 0 Å². The van der Waals surface area contributed by atoms with Crippen molar-refractivity contribution >= 4 is 11.7 Å². The van der Waals surface area contributed by atoms with Gasteiger partial charge in [0.15, 0.2) is 11.9 Å². The van der Waals surface area contributed by atoms with Crippen molar-refractivity contribution in [2.24, 2.45) is 5.73 Å². The molecule has 2 N–H and O–H groups in total. The van der Waals surface area contributed by atoms with Gasteiger partial charge in [-0.05, 0) is 22.3 Å². The molecular formula is C34H35NO6. The maximum atomic E-state index is 13.7. The first kappa shape index (κ1) is 29.8. The minimum absolute atomic E-state index is 0.101. The zero-order chi connectivity index (χ0) is 28.7. The molecule has 0 spiro atoms. The topological polar surface area (TPSA) is 97.1 Å². The molecule has 0 saturated carbocycles. The summed E-state index contributed by atoms with van der Waals surface area (Å²) in [5.74, 6) is -1.14. The number of hydrogen-bond donors (Lipinski definition) is 1. The summed E-state index contributed by atoms with van der Waals surface area (Å²) in [6, 6.07) is 37.9. The van der Waals surface area contributed by atoms with E-state index >= 15 is 0 Å². The Bertz CT molecular complexity index is 1320. The number of amides is 1. The third kappa shape index (κ3) is 9.77. The molecule has 0 heterocycles. The summed E-state index contributed by atoms with van der Waals surface area (Å²) in [6.45, 7) is 0.337. The third-order valence-electron chi connectivity index (χ3n) is 6.38. The summed E-state index contributed by atoms with van der Waals surface area (Å²) in [7, 11) is 0. The summed E-state index contributed by atoms with van der Waals surface area (Å²) in [6.07, 6.45) is -3.59. The number of ether oxygens (including phenoxy) is 4. The van der Waals surface area contributed by atoms with E-state index in [1.165, 1.54) is 0 Å². The number of carbonyl (C=O) groups excluding carboxylic acids is 2. The lowest BCUT2D eigenvalue weighted by Gasteiger charge is -2.31. The molecule has 0 aromatic heterocycles. The molecule has 4 rings (SSSR count). The molecule has 212 valence electrons. The van der Waals surface area contributed by atoms with Crippen LogP contribution in [0.2, 0.25) is 0 Å². The van der Waals surface area contributed by atoms with Crippen LogP contribution in [-0.4, -0.2) is 36.6 Å². The van der Waals surface area contributed by atoms with E-state index in [2.05, 4.69) is 0 Å². The van der Waals surface area contributed by atoms with E-state index in [0.717, 1.165) is 22.3 Å². The van der Waals surface area contributed by atoms with E-state index in [1.54, 1.807) is 0 Å². The van der Waals surface area contributed by atoms with Gasteiger partial charge in [0, 0.05) is 0 Å². The van der Waals surface area contributed by atoms with Crippen LogP contribution in [0.15, 0.2) is 121 Å². The zero-order valence-electron chi connectivity index (χ0n) is 22.8. The third-order valence-corrected chi connectivity index (χ3v) is 6.38. The molecule has 0 saturated heterocycles. The van der Waals surface area contributed by atoms with Gasteiger partial charge >= 0.3 is 0 Å². The van der Waals surface area contributed by atoms with Gasteiger partial charge in [-0.3, -0.25) is 9.59 Å². The van der Waals surface area contributed by atoms with Crippen LogP contribution >= 0.6 is 0 Å². The highest BCUT2D eigenvalue weighted by atomic mass is 16.6. The monoisotopic (exact) mass is 553 g/mol. The molecule has 4 aromatic rings. The molecule has 3 atom stereocenters. The number of ketones is 1. The zero-order valence-corrected chi connectivity index (χ0v) is 22.8. The van der Waals surface area contributed by atoms with Crippen molar-refractivity contribution in [2.75, 3.05) is 6.61 Å². The van der Waals surface area contributed by atoms with Crippen molar-refractivity contribution in [3.63, 3.8) is 0 Å². The van der Waals surface area contributed by atoms with Gasteiger partial charge < -0.3 is 24.7 Å². The number of carbonyl (C=O) groups is 2. The Hall–Kier alpha value is -4.14. The van der Waals surface area contributed by atoms with Crippen molar-refractivity contribution < 1.29 is 28.5 Å². The number of benzene rings is 4. The first-order chi connectivity index (χ1) is 20.1. The van der Waals surface area contributed by atoms with Crippen molar-refractivity contribution in [3.8, 4) is 0 Å². The molecule has 0 fully saturated rings. The molecule has 0 bridgehead atoms. The van der Waals surface area contributed by atoms with E-state index in [9.17, 15) is 9.59 Å². The Morgan fingerprint density at radius 2 is 0.878 bits per heavy atom. The van der Waals surface area contributed by atoms with Crippen molar-refractivity contribution in [1.29, 1.82) is 0 Å². The molecule has 0 radical (unpaired) electrons. The average Bonchev–Trinajstić information content (AvgIpc) is 3.01. The van der Waals surface area contributed by atoms with Crippen LogP contribution in [0, 0.1) is 0 Å². The lowest BCUT2D eigenvalue weighted by atomic mass is 10.0. The predicted octanol–water partition coefficient (Wildman–Crippen LogP) is 5.01. The SMILES string of the molecule is NC(=O)[C@H](OCc1ccccc1)[C@@H](OCc1ccccc1)[C@H](OCc1ccccc1)C(=O)COCc1ccccc1. The lowest BCUT2D eigenvalue weighted by Crippen LogP contribution is -2.52. The van der Waals surface area contributed by atoms with Gasteiger partial charge in [0.25, 0.3) is 0 Å². The number of nitrogens with two attached hydrogens (primary N) is 1. The Labute approximate surface area is 240 Å². The minimum atomic E-state index is -1.27. The maximum Gasteiger partial charge on any atom is 0.249 e. The molecule has 4 aromatic carbocycles.